The van der Waals surface area contributed by atoms with E-state index >= 15 is 0 Å². The molecule has 0 bridgehead atoms. The molecule has 0 heterocycles. The molecule has 0 aliphatic heterocycles. The molecule has 0 radical (unpaired) electrons. The van der Waals surface area contributed by atoms with Crippen molar-refractivity contribution >= 4 is 19.9 Å². The third-order valence-corrected chi connectivity index (χ3v) is 3.45. The molecule has 0 fully saturated rings. The lowest BCUT2D eigenvalue weighted by molar-refractivity contribution is 0.482. The summed E-state index contributed by atoms with van der Waals surface area (Å²) in [6.07, 6.45) is 0. The highest BCUT2D eigenvalue weighted by atomic mass is 33.1. The average Bonchev–Trinajstić information content (AvgIpc) is 2.02. The number of aryl methyl sites for hydroxylation is 1. The lowest BCUT2D eigenvalue weighted by atomic mass is 10.2. The van der Waals surface area contributed by atoms with E-state index in [2.05, 4.69) is 0 Å². The molecule has 13 heavy (non-hydrogen) atoms. The average molecular weight is 217 g/mol. The van der Waals surface area contributed by atoms with Gasteiger partial charge in [0, 0.05) is 5.75 Å². The lowest BCUT2D eigenvalue weighted by Crippen LogP contribution is -1.91. The molecule has 0 aliphatic rings. The van der Waals surface area contributed by atoms with Crippen LogP contribution in [0.1, 0.15) is 11.1 Å². The van der Waals surface area contributed by atoms with Crippen molar-refractivity contribution < 1.29 is 13.0 Å². The molecule has 0 spiro atoms. The molecule has 0 saturated carbocycles. The van der Waals surface area contributed by atoms with E-state index in [0.29, 0.717) is 10.8 Å². The van der Waals surface area contributed by atoms with Gasteiger partial charge in [-0.25, -0.2) is 8.42 Å². The van der Waals surface area contributed by atoms with Crippen molar-refractivity contribution in [3.63, 3.8) is 0 Å². The monoisotopic (exact) mass is 217 g/mol. The summed E-state index contributed by atoms with van der Waals surface area (Å²) in [7, 11) is -3.76. The van der Waals surface area contributed by atoms with Gasteiger partial charge in [-0.2, -0.15) is 0 Å². The van der Waals surface area contributed by atoms with Crippen LogP contribution in [-0.4, -0.2) is 13.0 Å². The van der Waals surface area contributed by atoms with E-state index in [-0.39, 0.29) is 5.75 Å². The van der Waals surface area contributed by atoms with Crippen molar-refractivity contribution in [2.45, 2.75) is 12.7 Å². The molecule has 1 aromatic carbocycles. The maximum atomic E-state index is 10.3. The molecule has 1 rings (SSSR count). The summed E-state index contributed by atoms with van der Waals surface area (Å²) in [5.41, 5.74) is 1.95. The van der Waals surface area contributed by atoms with E-state index in [0.717, 1.165) is 11.1 Å². The van der Waals surface area contributed by atoms with Gasteiger partial charge in [0.1, 0.15) is 9.15 Å². The SMILES string of the molecule is Cc1ccc(CSS(=O)(=O)[O-])cc1. The zero-order chi connectivity index (χ0) is 9.90. The van der Waals surface area contributed by atoms with Crippen molar-refractivity contribution in [3.05, 3.63) is 35.4 Å². The number of hydrogen-bond donors (Lipinski definition) is 0. The highest BCUT2D eigenvalue weighted by Gasteiger charge is 1.97. The first-order valence-corrected chi connectivity index (χ1v) is 6.54. The van der Waals surface area contributed by atoms with Gasteiger partial charge in [0.05, 0.1) is 0 Å². The molecule has 0 amide bonds. The molecule has 0 atom stereocenters. The van der Waals surface area contributed by atoms with Crippen molar-refractivity contribution in [1.29, 1.82) is 0 Å². The van der Waals surface area contributed by atoms with Crippen molar-refractivity contribution in [1.82, 2.24) is 0 Å². The second kappa shape index (κ2) is 4.13. The van der Waals surface area contributed by atoms with Crippen LogP contribution in [0.4, 0.5) is 0 Å². The van der Waals surface area contributed by atoms with Crippen LogP contribution in [0.3, 0.4) is 0 Å². The largest absolute Gasteiger partial charge is 0.739 e. The van der Waals surface area contributed by atoms with Gasteiger partial charge in [0.2, 0.25) is 0 Å². The Labute approximate surface area is 81.3 Å². The second-order valence-corrected chi connectivity index (χ2v) is 5.93. The lowest BCUT2D eigenvalue weighted by Gasteiger charge is -2.05. The quantitative estimate of drug-likeness (QED) is 0.571. The molecule has 72 valence electrons. The Hall–Kier alpha value is -0.520. The number of hydrogen-bond acceptors (Lipinski definition) is 4. The Balaban J connectivity index is 2.61. The van der Waals surface area contributed by atoms with Gasteiger partial charge >= 0.3 is 0 Å². The Morgan fingerprint density at radius 1 is 1.31 bits per heavy atom. The van der Waals surface area contributed by atoms with Gasteiger partial charge in [0.25, 0.3) is 0 Å². The van der Waals surface area contributed by atoms with Crippen LogP contribution in [0.25, 0.3) is 0 Å². The fraction of sp³-hybridized carbons (Fsp3) is 0.250. The summed E-state index contributed by atoms with van der Waals surface area (Å²) in [5.74, 6) is 0.214. The summed E-state index contributed by atoms with van der Waals surface area (Å²) in [5, 5.41) is 0. The minimum atomic E-state index is -4.17. The van der Waals surface area contributed by atoms with E-state index < -0.39 is 9.15 Å². The normalized spacial score (nSPS) is 11.5. The summed E-state index contributed by atoms with van der Waals surface area (Å²) in [6.45, 7) is 1.95. The molecule has 0 unspecified atom stereocenters. The van der Waals surface area contributed by atoms with Crippen LogP contribution >= 0.6 is 10.8 Å². The topological polar surface area (TPSA) is 57.2 Å². The molecular weight excluding hydrogens is 208 g/mol. The highest BCUT2D eigenvalue weighted by Crippen LogP contribution is 2.17. The Bertz CT molecular complexity index is 367. The van der Waals surface area contributed by atoms with Crippen molar-refractivity contribution in [2.24, 2.45) is 0 Å². The molecule has 0 aromatic heterocycles. The first-order valence-electron chi connectivity index (χ1n) is 3.63. The fourth-order valence-electron chi connectivity index (χ4n) is 0.825. The summed E-state index contributed by atoms with van der Waals surface area (Å²) in [6, 6.07) is 7.39. The highest BCUT2D eigenvalue weighted by molar-refractivity contribution is 8.69. The first-order chi connectivity index (χ1) is 5.97. The van der Waals surface area contributed by atoms with Gasteiger partial charge in [-0.1, -0.05) is 29.8 Å². The second-order valence-electron chi connectivity index (χ2n) is 2.66. The van der Waals surface area contributed by atoms with Gasteiger partial charge in [-0.15, -0.1) is 0 Å². The van der Waals surface area contributed by atoms with E-state index in [9.17, 15) is 13.0 Å². The smallest absolute Gasteiger partial charge is 0.149 e. The van der Waals surface area contributed by atoms with Crippen molar-refractivity contribution in [2.75, 3.05) is 0 Å². The van der Waals surface area contributed by atoms with Gasteiger partial charge < -0.3 is 4.55 Å². The minimum Gasteiger partial charge on any atom is -0.739 e. The van der Waals surface area contributed by atoms with E-state index in [1.807, 2.05) is 31.2 Å². The number of rotatable bonds is 3. The summed E-state index contributed by atoms with van der Waals surface area (Å²) in [4.78, 5) is 0. The fourth-order valence-corrected chi connectivity index (χ4v) is 2.14. The zero-order valence-corrected chi connectivity index (χ0v) is 8.69. The van der Waals surface area contributed by atoms with Crippen LogP contribution in [-0.2, 0) is 14.9 Å². The predicted molar refractivity (Wildman–Crippen MR) is 52.2 cm³/mol. The molecule has 0 aliphatic carbocycles. The Morgan fingerprint density at radius 3 is 2.31 bits per heavy atom. The van der Waals surface area contributed by atoms with Gasteiger partial charge in [0.15, 0.2) is 0 Å². The molecular formula is C8H9O3S2-. The molecule has 0 N–H and O–H groups in total. The molecule has 0 saturated heterocycles. The van der Waals surface area contributed by atoms with Crippen LogP contribution in [0, 0.1) is 6.92 Å². The summed E-state index contributed by atoms with van der Waals surface area (Å²) < 4.78 is 30.8. The van der Waals surface area contributed by atoms with Crippen LogP contribution in [0.15, 0.2) is 24.3 Å². The van der Waals surface area contributed by atoms with Crippen LogP contribution < -0.4 is 0 Å². The molecule has 3 nitrogen and oxygen atoms in total. The maximum Gasteiger partial charge on any atom is 0.149 e. The predicted octanol–water partition coefficient (Wildman–Crippen LogP) is 1.69. The Morgan fingerprint density at radius 2 is 1.85 bits per heavy atom. The van der Waals surface area contributed by atoms with Gasteiger partial charge in [-0.3, -0.25) is 0 Å². The van der Waals surface area contributed by atoms with E-state index in [1.165, 1.54) is 0 Å². The van der Waals surface area contributed by atoms with Crippen LogP contribution in [0.5, 0.6) is 0 Å². The molecule has 1 aromatic rings. The van der Waals surface area contributed by atoms with Crippen molar-refractivity contribution in [3.8, 4) is 0 Å². The van der Waals surface area contributed by atoms with E-state index in [1.54, 1.807) is 0 Å². The van der Waals surface area contributed by atoms with Gasteiger partial charge in [-0.05, 0) is 23.3 Å². The van der Waals surface area contributed by atoms with Crippen LogP contribution in [0.2, 0.25) is 0 Å². The third-order valence-electron chi connectivity index (χ3n) is 1.49. The summed E-state index contributed by atoms with van der Waals surface area (Å²) >= 11 is 0. The Kier molecular flexibility index (Phi) is 3.35. The first kappa shape index (κ1) is 10.6. The third kappa shape index (κ3) is 4.31. The minimum absolute atomic E-state index is 0.214. The number of benzene rings is 1. The van der Waals surface area contributed by atoms with E-state index in [4.69, 9.17) is 0 Å². The standard InChI is InChI=1S/C8H10O3S2/c1-7-2-4-8(5-3-7)6-12-13(9,10)11/h2-5H,6H2,1H3,(H,9,10,11)/p-1. The molecule has 5 heteroatoms. The zero-order valence-electron chi connectivity index (χ0n) is 7.06. The maximum absolute atomic E-state index is 10.3.